The molecule has 1 aromatic rings. The lowest BCUT2D eigenvalue weighted by molar-refractivity contribution is 0.0997. The topological polar surface area (TPSA) is 40.9 Å². The molecule has 3 heteroatoms. The van der Waals surface area contributed by atoms with Gasteiger partial charge in [0.1, 0.15) is 5.82 Å². The van der Waals surface area contributed by atoms with Gasteiger partial charge in [-0.25, -0.2) is 4.39 Å². The number of hydrogen-bond donors (Lipinski definition) is 0. The summed E-state index contributed by atoms with van der Waals surface area (Å²) in [7, 11) is 0. The van der Waals surface area contributed by atoms with Gasteiger partial charge in [-0.05, 0) is 18.6 Å². The standard InChI is InChI=1S/C10H8FNO/c1-7-2-3-8(6-9(7)11)10(13)4-5-12/h2-3,6H,4H2,1H3. The molecule has 0 fully saturated rings. The number of nitriles is 1. The van der Waals surface area contributed by atoms with Gasteiger partial charge in [0.15, 0.2) is 5.78 Å². The maximum atomic E-state index is 12.9. The molecule has 2 nitrogen and oxygen atoms in total. The first-order valence-electron chi connectivity index (χ1n) is 3.81. The first-order valence-corrected chi connectivity index (χ1v) is 3.81. The zero-order valence-electron chi connectivity index (χ0n) is 7.17. The summed E-state index contributed by atoms with van der Waals surface area (Å²) in [5, 5.41) is 8.26. The molecule has 13 heavy (non-hydrogen) atoms. The average molecular weight is 177 g/mol. The van der Waals surface area contributed by atoms with Crippen LogP contribution in [-0.4, -0.2) is 5.78 Å². The van der Waals surface area contributed by atoms with E-state index in [1.165, 1.54) is 12.1 Å². The molecular weight excluding hydrogens is 169 g/mol. The van der Waals surface area contributed by atoms with Crippen molar-refractivity contribution in [2.45, 2.75) is 13.3 Å². The molecule has 0 spiro atoms. The summed E-state index contributed by atoms with van der Waals surface area (Å²) in [6.45, 7) is 1.62. The molecule has 0 saturated carbocycles. The predicted molar refractivity (Wildman–Crippen MR) is 45.7 cm³/mol. The second kappa shape index (κ2) is 3.81. The quantitative estimate of drug-likeness (QED) is 0.650. The van der Waals surface area contributed by atoms with Gasteiger partial charge in [0.05, 0.1) is 12.5 Å². The molecule has 1 aromatic carbocycles. The summed E-state index contributed by atoms with van der Waals surface area (Å²) in [5.74, 6) is -0.759. The highest BCUT2D eigenvalue weighted by Crippen LogP contribution is 2.10. The van der Waals surface area contributed by atoms with E-state index < -0.39 is 5.82 Å². The Kier molecular flexibility index (Phi) is 2.76. The molecule has 0 atom stereocenters. The van der Waals surface area contributed by atoms with Crippen molar-refractivity contribution in [2.24, 2.45) is 0 Å². The van der Waals surface area contributed by atoms with Gasteiger partial charge in [0.2, 0.25) is 0 Å². The molecule has 0 aliphatic carbocycles. The van der Waals surface area contributed by atoms with Crippen LogP contribution in [0.1, 0.15) is 22.3 Å². The molecule has 0 amide bonds. The smallest absolute Gasteiger partial charge is 0.176 e. The lowest BCUT2D eigenvalue weighted by Gasteiger charge is -1.98. The number of carbonyl (C=O) groups excluding carboxylic acids is 1. The molecule has 0 aliphatic heterocycles. The Bertz CT molecular complexity index is 379. The van der Waals surface area contributed by atoms with Gasteiger partial charge in [-0.15, -0.1) is 0 Å². The molecule has 0 aliphatic rings. The number of hydrogen-bond acceptors (Lipinski definition) is 2. The number of carbonyl (C=O) groups is 1. The number of halogens is 1. The summed E-state index contributed by atoms with van der Waals surface area (Å²) in [6.07, 6.45) is -0.206. The van der Waals surface area contributed by atoms with E-state index in [0.29, 0.717) is 5.56 Å². The van der Waals surface area contributed by atoms with Crippen LogP contribution in [-0.2, 0) is 0 Å². The number of nitrogens with zero attached hydrogens (tertiary/aromatic N) is 1. The first-order chi connectivity index (χ1) is 6.15. The van der Waals surface area contributed by atoms with E-state index in [0.717, 1.165) is 6.07 Å². The van der Waals surface area contributed by atoms with Crippen molar-refractivity contribution in [1.29, 1.82) is 5.26 Å². The lowest BCUT2D eigenvalue weighted by Crippen LogP contribution is -1.98. The monoisotopic (exact) mass is 177 g/mol. The SMILES string of the molecule is Cc1ccc(C(=O)CC#N)cc1F. The van der Waals surface area contributed by atoms with Crippen molar-refractivity contribution < 1.29 is 9.18 Å². The van der Waals surface area contributed by atoms with E-state index in [1.807, 2.05) is 0 Å². The van der Waals surface area contributed by atoms with E-state index in [-0.39, 0.29) is 17.8 Å². The molecule has 66 valence electrons. The van der Waals surface area contributed by atoms with E-state index in [9.17, 15) is 9.18 Å². The largest absolute Gasteiger partial charge is 0.293 e. The third-order valence-electron chi connectivity index (χ3n) is 1.73. The van der Waals surface area contributed by atoms with Crippen LogP contribution in [0.3, 0.4) is 0 Å². The third-order valence-corrected chi connectivity index (χ3v) is 1.73. The minimum absolute atomic E-state index is 0.206. The fourth-order valence-corrected chi connectivity index (χ4v) is 0.940. The molecule has 0 radical (unpaired) electrons. The van der Waals surface area contributed by atoms with Crippen LogP contribution in [0.5, 0.6) is 0 Å². The zero-order valence-corrected chi connectivity index (χ0v) is 7.17. The Labute approximate surface area is 75.6 Å². The van der Waals surface area contributed by atoms with Gasteiger partial charge in [0, 0.05) is 5.56 Å². The molecule has 0 bridgehead atoms. The molecule has 0 heterocycles. The van der Waals surface area contributed by atoms with Gasteiger partial charge in [-0.1, -0.05) is 12.1 Å². The van der Waals surface area contributed by atoms with Gasteiger partial charge in [-0.3, -0.25) is 4.79 Å². The molecular formula is C10H8FNO. The second-order valence-electron chi connectivity index (χ2n) is 2.72. The molecule has 1 rings (SSSR count). The lowest BCUT2D eigenvalue weighted by atomic mass is 10.1. The van der Waals surface area contributed by atoms with Crippen LogP contribution in [0.25, 0.3) is 0 Å². The highest BCUT2D eigenvalue weighted by molar-refractivity contribution is 5.97. The average Bonchev–Trinajstić information content (AvgIpc) is 2.10. The minimum Gasteiger partial charge on any atom is -0.293 e. The number of benzene rings is 1. The third kappa shape index (κ3) is 2.12. The van der Waals surface area contributed by atoms with Crippen LogP contribution >= 0.6 is 0 Å². The number of ketones is 1. The molecule has 0 unspecified atom stereocenters. The predicted octanol–water partition coefficient (Wildman–Crippen LogP) is 2.23. The van der Waals surface area contributed by atoms with Crippen LogP contribution in [0.2, 0.25) is 0 Å². The number of aryl methyl sites for hydroxylation is 1. The van der Waals surface area contributed by atoms with Gasteiger partial charge in [0.25, 0.3) is 0 Å². The summed E-state index contributed by atoms with van der Waals surface area (Å²) < 4.78 is 12.9. The highest BCUT2D eigenvalue weighted by Gasteiger charge is 2.06. The Morgan fingerprint density at radius 1 is 1.62 bits per heavy atom. The summed E-state index contributed by atoms with van der Waals surface area (Å²) in [6, 6.07) is 5.94. The number of rotatable bonds is 2. The van der Waals surface area contributed by atoms with E-state index in [4.69, 9.17) is 5.26 Å². The van der Waals surface area contributed by atoms with E-state index >= 15 is 0 Å². The van der Waals surface area contributed by atoms with Crippen molar-refractivity contribution in [3.8, 4) is 6.07 Å². The normalized spacial score (nSPS) is 9.31. The molecule has 0 aromatic heterocycles. The Hall–Kier alpha value is -1.69. The summed E-state index contributed by atoms with van der Waals surface area (Å²) in [5.41, 5.74) is 0.748. The molecule has 0 N–H and O–H groups in total. The van der Waals surface area contributed by atoms with E-state index in [2.05, 4.69) is 0 Å². The van der Waals surface area contributed by atoms with Crippen molar-refractivity contribution in [3.05, 3.63) is 35.1 Å². The molecule has 0 saturated heterocycles. The van der Waals surface area contributed by atoms with Crippen LogP contribution in [0.15, 0.2) is 18.2 Å². The second-order valence-corrected chi connectivity index (χ2v) is 2.72. The maximum absolute atomic E-state index is 12.9. The zero-order chi connectivity index (χ0) is 9.84. The highest BCUT2D eigenvalue weighted by atomic mass is 19.1. The first kappa shape index (κ1) is 9.40. The van der Waals surface area contributed by atoms with Crippen LogP contribution < -0.4 is 0 Å². The minimum atomic E-state index is -0.413. The van der Waals surface area contributed by atoms with Gasteiger partial charge in [-0.2, -0.15) is 5.26 Å². The van der Waals surface area contributed by atoms with E-state index in [1.54, 1.807) is 13.0 Å². The van der Waals surface area contributed by atoms with Crippen molar-refractivity contribution in [3.63, 3.8) is 0 Å². The summed E-state index contributed by atoms with van der Waals surface area (Å²) in [4.78, 5) is 11.1. The fourth-order valence-electron chi connectivity index (χ4n) is 0.940. The van der Waals surface area contributed by atoms with Crippen LogP contribution in [0, 0.1) is 24.1 Å². The Morgan fingerprint density at radius 3 is 2.85 bits per heavy atom. The maximum Gasteiger partial charge on any atom is 0.176 e. The Morgan fingerprint density at radius 2 is 2.31 bits per heavy atom. The van der Waals surface area contributed by atoms with Gasteiger partial charge < -0.3 is 0 Å². The summed E-state index contributed by atoms with van der Waals surface area (Å²) >= 11 is 0. The van der Waals surface area contributed by atoms with Crippen molar-refractivity contribution in [1.82, 2.24) is 0 Å². The van der Waals surface area contributed by atoms with Gasteiger partial charge >= 0.3 is 0 Å². The Balaban J connectivity index is 2.98. The fraction of sp³-hybridized carbons (Fsp3) is 0.200. The van der Waals surface area contributed by atoms with Crippen molar-refractivity contribution >= 4 is 5.78 Å². The van der Waals surface area contributed by atoms with Crippen molar-refractivity contribution in [2.75, 3.05) is 0 Å². The number of Topliss-reactive ketones (excluding diaryl/α,β-unsaturated/α-hetero) is 1. The van der Waals surface area contributed by atoms with Crippen LogP contribution in [0.4, 0.5) is 4.39 Å².